The highest BCUT2D eigenvalue weighted by atomic mass is 16.6. The van der Waals surface area contributed by atoms with Crippen molar-refractivity contribution >= 4 is 28.3 Å². The first kappa shape index (κ1) is 17.2. The van der Waals surface area contributed by atoms with Gasteiger partial charge in [-0.15, -0.1) is 0 Å². The first-order chi connectivity index (χ1) is 12.4. The number of methoxy groups -OCH3 is 1. The standard InChI is InChI=1S/C17H14N4O5/c1-10(22)16-14(21(24)25)8-19-20(16)9-11-5-6-13(17(23)26-2)12-4-3-7-18-15(11)12/h3-8H,9H2,1-2H3. The topological polar surface area (TPSA) is 117 Å². The molecule has 2 aromatic heterocycles. The van der Waals surface area contributed by atoms with Gasteiger partial charge in [0.1, 0.15) is 6.20 Å². The maximum Gasteiger partial charge on any atom is 0.338 e. The molecule has 0 aliphatic rings. The van der Waals surface area contributed by atoms with Crippen molar-refractivity contribution in [1.82, 2.24) is 14.8 Å². The third-order valence-corrected chi connectivity index (χ3v) is 3.93. The Hall–Kier alpha value is -3.62. The molecule has 0 aliphatic carbocycles. The molecular weight excluding hydrogens is 340 g/mol. The molecule has 9 heteroatoms. The number of hydrogen-bond donors (Lipinski definition) is 0. The first-order valence-electron chi connectivity index (χ1n) is 7.60. The lowest BCUT2D eigenvalue weighted by Crippen LogP contribution is -2.12. The largest absolute Gasteiger partial charge is 0.465 e. The zero-order valence-corrected chi connectivity index (χ0v) is 14.0. The summed E-state index contributed by atoms with van der Waals surface area (Å²) in [6.07, 6.45) is 2.62. The number of nitro groups is 1. The van der Waals surface area contributed by atoms with E-state index in [-0.39, 0.29) is 17.9 Å². The molecule has 0 N–H and O–H groups in total. The molecule has 9 nitrogen and oxygen atoms in total. The smallest absolute Gasteiger partial charge is 0.338 e. The zero-order chi connectivity index (χ0) is 18.8. The van der Waals surface area contributed by atoms with Crippen LogP contribution in [0.1, 0.15) is 33.3 Å². The summed E-state index contributed by atoms with van der Waals surface area (Å²) in [4.78, 5) is 38.5. The van der Waals surface area contributed by atoms with Crippen molar-refractivity contribution in [2.24, 2.45) is 0 Å². The van der Waals surface area contributed by atoms with Gasteiger partial charge in [0, 0.05) is 18.5 Å². The number of carbonyl (C=O) groups is 2. The van der Waals surface area contributed by atoms with Crippen LogP contribution in [0.5, 0.6) is 0 Å². The third-order valence-electron chi connectivity index (χ3n) is 3.93. The minimum atomic E-state index is -0.642. The fourth-order valence-corrected chi connectivity index (χ4v) is 2.80. The summed E-state index contributed by atoms with van der Waals surface area (Å²) < 4.78 is 6.04. The van der Waals surface area contributed by atoms with Gasteiger partial charge in [-0.3, -0.25) is 24.6 Å². The summed E-state index contributed by atoms with van der Waals surface area (Å²) in [5.41, 5.74) is 1.12. The molecule has 0 saturated carbocycles. The average molecular weight is 354 g/mol. The lowest BCUT2D eigenvalue weighted by Gasteiger charge is -2.10. The molecule has 3 aromatic rings. The van der Waals surface area contributed by atoms with E-state index in [1.807, 2.05) is 0 Å². The van der Waals surface area contributed by atoms with E-state index < -0.39 is 16.7 Å². The van der Waals surface area contributed by atoms with Gasteiger partial charge >= 0.3 is 11.7 Å². The normalized spacial score (nSPS) is 10.7. The molecule has 0 aliphatic heterocycles. The second-order valence-corrected chi connectivity index (χ2v) is 5.51. The monoisotopic (exact) mass is 354 g/mol. The Morgan fingerprint density at radius 1 is 1.31 bits per heavy atom. The average Bonchev–Trinajstić information content (AvgIpc) is 3.05. The van der Waals surface area contributed by atoms with E-state index in [1.54, 1.807) is 30.5 Å². The number of nitrogens with zero attached hydrogens (tertiary/aromatic N) is 4. The Labute approximate surface area is 147 Å². The number of ether oxygens (including phenoxy) is 1. The Balaban J connectivity index is 2.13. The SMILES string of the molecule is COC(=O)c1ccc(Cn2ncc([N+](=O)[O-])c2C(C)=O)c2ncccc12. The van der Waals surface area contributed by atoms with Gasteiger partial charge in [-0.2, -0.15) is 5.10 Å². The Bertz CT molecular complexity index is 1040. The number of ketones is 1. The van der Waals surface area contributed by atoms with Crippen LogP contribution in [-0.4, -0.2) is 38.6 Å². The van der Waals surface area contributed by atoms with Crippen LogP contribution < -0.4 is 0 Å². The van der Waals surface area contributed by atoms with Crippen molar-refractivity contribution in [2.45, 2.75) is 13.5 Å². The molecule has 0 unspecified atom stereocenters. The molecule has 0 amide bonds. The lowest BCUT2D eigenvalue weighted by atomic mass is 10.0. The fourth-order valence-electron chi connectivity index (χ4n) is 2.80. The molecule has 0 fully saturated rings. The number of fused-ring (bicyclic) bond motifs is 1. The van der Waals surface area contributed by atoms with Gasteiger partial charge in [0.15, 0.2) is 11.5 Å². The number of aromatic nitrogens is 3. The first-order valence-corrected chi connectivity index (χ1v) is 7.60. The summed E-state index contributed by atoms with van der Waals surface area (Å²) in [5.74, 6) is -0.952. The van der Waals surface area contributed by atoms with Crippen LogP contribution in [0.3, 0.4) is 0 Å². The molecule has 0 atom stereocenters. The van der Waals surface area contributed by atoms with E-state index in [9.17, 15) is 19.7 Å². The highest BCUT2D eigenvalue weighted by Crippen LogP contribution is 2.24. The predicted octanol–water partition coefficient (Wildman–Crippen LogP) is 2.38. The van der Waals surface area contributed by atoms with Crippen LogP contribution in [0, 0.1) is 10.1 Å². The number of carbonyl (C=O) groups excluding carboxylic acids is 2. The van der Waals surface area contributed by atoms with Crippen LogP contribution in [0.15, 0.2) is 36.7 Å². The fraction of sp³-hybridized carbons (Fsp3) is 0.176. The van der Waals surface area contributed by atoms with Crippen molar-refractivity contribution in [3.05, 3.63) is 63.6 Å². The molecule has 26 heavy (non-hydrogen) atoms. The minimum Gasteiger partial charge on any atom is -0.465 e. The van der Waals surface area contributed by atoms with Gasteiger partial charge in [0.25, 0.3) is 0 Å². The quantitative estimate of drug-likeness (QED) is 0.299. The predicted molar refractivity (Wildman–Crippen MR) is 91.1 cm³/mol. The van der Waals surface area contributed by atoms with Crippen LogP contribution in [-0.2, 0) is 11.3 Å². The van der Waals surface area contributed by atoms with Crippen molar-refractivity contribution in [3.8, 4) is 0 Å². The Morgan fingerprint density at radius 3 is 2.73 bits per heavy atom. The van der Waals surface area contributed by atoms with Gasteiger partial charge < -0.3 is 4.74 Å². The number of pyridine rings is 1. The summed E-state index contributed by atoms with van der Waals surface area (Å²) in [6, 6.07) is 6.68. The van der Waals surface area contributed by atoms with E-state index in [1.165, 1.54) is 18.7 Å². The Morgan fingerprint density at radius 2 is 2.08 bits per heavy atom. The highest BCUT2D eigenvalue weighted by Gasteiger charge is 2.25. The number of rotatable bonds is 5. The summed E-state index contributed by atoms with van der Waals surface area (Å²) in [6.45, 7) is 1.34. The summed E-state index contributed by atoms with van der Waals surface area (Å²) in [7, 11) is 1.29. The summed E-state index contributed by atoms with van der Waals surface area (Å²) in [5, 5.41) is 15.6. The van der Waals surface area contributed by atoms with Gasteiger partial charge in [-0.05, 0) is 17.7 Å². The number of benzene rings is 1. The van der Waals surface area contributed by atoms with Gasteiger partial charge in [-0.25, -0.2) is 4.79 Å². The number of hydrogen-bond acceptors (Lipinski definition) is 7. The zero-order valence-electron chi connectivity index (χ0n) is 14.0. The maximum absolute atomic E-state index is 11.9. The molecule has 0 spiro atoms. The van der Waals surface area contributed by atoms with E-state index in [2.05, 4.69) is 10.1 Å². The van der Waals surface area contributed by atoms with Crippen molar-refractivity contribution in [2.75, 3.05) is 7.11 Å². The second kappa shape index (κ2) is 6.71. The molecule has 0 radical (unpaired) electrons. The van der Waals surface area contributed by atoms with Crippen molar-refractivity contribution in [1.29, 1.82) is 0 Å². The van der Waals surface area contributed by atoms with Crippen molar-refractivity contribution in [3.63, 3.8) is 0 Å². The van der Waals surface area contributed by atoms with E-state index in [0.717, 1.165) is 6.20 Å². The highest BCUT2D eigenvalue weighted by molar-refractivity contribution is 6.04. The molecule has 1 aromatic carbocycles. The molecular formula is C17H14N4O5. The van der Waals surface area contributed by atoms with Crippen molar-refractivity contribution < 1.29 is 19.2 Å². The maximum atomic E-state index is 11.9. The van der Waals surface area contributed by atoms with E-state index in [0.29, 0.717) is 22.0 Å². The summed E-state index contributed by atoms with van der Waals surface area (Å²) >= 11 is 0. The van der Waals surface area contributed by atoms with Crippen LogP contribution >= 0.6 is 0 Å². The van der Waals surface area contributed by atoms with Crippen LogP contribution in [0.25, 0.3) is 10.9 Å². The molecule has 132 valence electrons. The number of esters is 1. The van der Waals surface area contributed by atoms with Crippen LogP contribution in [0.2, 0.25) is 0 Å². The third kappa shape index (κ3) is 2.90. The minimum absolute atomic E-state index is 0.0869. The van der Waals surface area contributed by atoms with E-state index in [4.69, 9.17) is 4.74 Å². The lowest BCUT2D eigenvalue weighted by molar-refractivity contribution is -0.385. The van der Waals surface area contributed by atoms with Gasteiger partial charge in [0.05, 0.1) is 29.7 Å². The second-order valence-electron chi connectivity index (χ2n) is 5.51. The van der Waals surface area contributed by atoms with Crippen LogP contribution in [0.4, 0.5) is 5.69 Å². The molecule has 2 heterocycles. The molecule has 3 rings (SSSR count). The Kier molecular flexibility index (Phi) is 4.44. The molecule has 0 saturated heterocycles. The van der Waals surface area contributed by atoms with Gasteiger partial charge in [-0.1, -0.05) is 12.1 Å². The molecule has 0 bridgehead atoms. The number of Topliss-reactive ketones (excluding diaryl/α,β-unsaturated/α-hetero) is 1. The van der Waals surface area contributed by atoms with Gasteiger partial charge in [0.2, 0.25) is 0 Å². The van der Waals surface area contributed by atoms with E-state index >= 15 is 0 Å².